The lowest BCUT2D eigenvalue weighted by atomic mass is 10.1. The highest BCUT2D eigenvalue weighted by molar-refractivity contribution is 9.11. The molecule has 1 aliphatic rings. The van der Waals surface area contributed by atoms with E-state index in [0.29, 0.717) is 35.6 Å². The fraction of sp³-hybridized carbons (Fsp3) is 0.0833. The lowest BCUT2D eigenvalue weighted by molar-refractivity contribution is -0.112. The largest absolute Gasteiger partial charge is 0.465 e. The Morgan fingerprint density at radius 2 is 1.74 bits per heavy atom. The van der Waals surface area contributed by atoms with Crippen molar-refractivity contribution in [3.8, 4) is 0 Å². The Morgan fingerprint density at radius 3 is 2.38 bits per heavy atom. The number of hydrogen-bond acceptors (Lipinski definition) is 6. The van der Waals surface area contributed by atoms with Crippen molar-refractivity contribution in [2.75, 3.05) is 12.4 Å². The van der Waals surface area contributed by atoms with Gasteiger partial charge in [-0.1, -0.05) is 61.8 Å². The molecule has 6 nitrogen and oxygen atoms in total. The second-order valence-corrected chi connectivity index (χ2v) is 12.1. The molecular formula is C24H17Br2NO5S2. The van der Waals surface area contributed by atoms with E-state index in [4.69, 9.17) is 4.74 Å². The average Bonchev–Trinajstić information content (AvgIpc) is 2.81. The molecule has 3 aromatic carbocycles. The van der Waals surface area contributed by atoms with Gasteiger partial charge < -0.3 is 10.1 Å². The molecule has 174 valence electrons. The van der Waals surface area contributed by atoms with Crippen LogP contribution in [0.5, 0.6) is 0 Å². The van der Waals surface area contributed by atoms with Gasteiger partial charge in [0.25, 0.3) is 5.91 Å². The minimum Gasteiger partial charge on any atom is -0.465 e. The van der Waals surface area contributed by atoms with E-state index < -0.39 is 15.8 Å². The average molecular weight is 623 g/mol. The van der Waals surface area contributed by atoms with Crippen LogP contribution in [0.1, 0.15) is 21.5 Å². The van der Waals surface area contributed by atoms with Gasteiger partial charge >= 0.3 is 5.97 Å². The van der Waals surface area contributed by atoms with Gasteiger partial charge in [0, 0.05) is 13.8 Å². The third-order valence-corrected chi connectivity index (χ3v) is 9.24. The molecule has 0 aromatic heterocycles. The van der Waals surface area contributed by atoms with E-state index in [9.17, 15) is 18.0 Å². The Bertz CT molecular complexity index is 1410. The summed E-state index contributed by atoms with van der Waals surface area (Å²) in [7, 11) is -2.34. The summed E-state index contributed by atoms with van der Waals surface area (Å²) in [5, 5.41) is 2.80. The van der Waals surface area contributed by atoms with Crippen LogP contribution in [-0.2, 0) is 25.1 Å². The number of halogens is 2. The van der Waals surface area contributed by atoms with Crippen LogP contribution in [0.4, 0.5) is 5.69 Å². The van der Waals surface area contributed by atoms with Gasteiger partial charge in [0.2, 0.25) is 0 Å². The van der Waals surface area contributed by atoms with E-state index >= 15 is 0 Å². The summed E-state index contributed by atoms with van der Waals surface area (Å²) < 4.78 is 32.4. The van der Waals surface area contributed by atoms with Crippen LogP contribution >= 0.6 is 43.6 Å². The van der Waals surface area contributed by atoms with Crippen molar-refractivity contribution in [3.05, 3.63) is 91.2 Å². The van der Waals surface area contributed by atoms with E-state index in [-0.39, 0.29) is 16.6 Å². The first-order valence-corrected chi connectivity index (χ1v) is 13.9. The van der Waals surface area contributed by atoms with Crippen molar-refractivity contribution < 1.29 is 22.7 Å². The Labute approximate surface area is 218 Å². The summed E-state index contributed by atoms with van der Waals surface area (Å²) in [5.74, 6) is -0.913. The van der Waals surface area contributed by atoms with Gasteiger partial charge in [-0.3, -0.25) is 4.79 Å². The summed E-state index contributed by atoms with van der Waals surface area (Å²) in [6.45, 7) is 0. The zero-order valence-electron chi connectivity index (χ0n) is 17.7. The van der Waals surface area contributed by atoms with Gasteiger partial charge in [0.1, 0.15) is 0 Å². The number of carbonyl (C=O) groups is 2. The van der Waals surface area contributed by atoms with Crippen LogP contribution in [0, 0.1) is 0 Å². The van der Waals surface area contributed by atoms with Crippen molar-refractivity contribution in [1.82, 2.24) is 0 Å². The second kappa shape index (κ2) is 10.1. The highest BCUT2D eigenvalue weighted by atomic mass is 79.9. The van der Waals surface area contributed by atoms with Crippen LogP contribution in [0.2, 0.25) is 0 Å². The van der Waals surface area contributed by atoms with Crippen molar-refractivity contribution in [2.24, 2.45) is 0 Å². The predicted molar refractivity (Wildman–Crippen MR) is 139 cm³/mol. The second-order valence-electron chi connectivity index (χ2n) is 7.30. The molecular weight excluding hydrogens is 606 g/mol. The maximum Gasteiger partial charge on any atom is 0.337 e. The van der Waals surface area contributed by atoms with Crippen LogP contribution < -0.4 is 5.32 Å². The summed E-state index contributed by atoms with van der Waals surface area (Å²) in [4.78, 5) is 25.4. The molecule has 4 rings (SSSR count). The number of hydrogen-bond donors (Lipinski definition) is 1. The van der Waals surface area contributed by atoms with Gasteiger partial charge in [0.05, 0.1) is 33.9 Å². The van der Waals surface area contributed by atoms with E-state index in [1.807, 2.05) is 6.07 Å². The lowest BCUT2D eigenvalue weighted by Crippen LogP contribution is -2.17. The molecule has 0 saturated carbocycles. The summed E-state index contributed by atoms with van der Waals surface area (Å²) in [6, 6.07) is 16.7. The SMILES string of the molecule is COC(=O)c1ccc(/C=C2\Sc3cc(S(=O)(=O)Cc4c(Br)cccc4Br)ccc3NC2=O)cc1. The molecule has 1 amide bonds. The molecule has 1 N–H and O–H groups in total. The zero-order valence-corrected chi connectivity index (χ0v) is 22.5. The fourth-order valence-electron chi connectivity index (χ4n) is 3.26. The summed E-state index contributed by atoms with van der Waals surface area (Å²) in [6.07, 6.45) is 1.68. The number of rotatable bonds is 5. The van der Waals surface area contributed by atoms with Gasteiger partial charge in [0.15, 0.2) is 9.84 Å². The molecule has 34 heavy (non-hydrogen) atoms. The van der Waals surface area contributed by atoms with Crippen molar-refractivity contribution in [1.29, 1.82) is 0 Å². The highest BCUT2D eigenvalue weighted by Gasteiger charge is 2.25. The molecule has 0 bridgehead atoms. The lowest BCUT2D eigenvalue weighted by Gasteiger charge is -2.19. The molecule has 10 heteroatoms. The number of ether oxygens (including phenoxy) is 1. The minimum absolute atomic E-state index is 0.166. The first-order chi connectivity index (χ1) is 16.2. The van der Waals surface area contributed by atoms with Gasteiger partial charge in [-0.2, -0.15) is 0 Å². The number of methoxy groups -OCH3 is 1. The molecule has 1 aliphatic heterocycles. The molecule has 0 spiro atoms. The van der Waals surface area contributed by atoms with Crippen molar-refractivity contribution >= 4 is 77.1 Å². The van der Waals surface area contributed by atoms with E-state index in [1.54, 1.807) is 54.6 Å². The number of carbonyl (C=O) groups excluding carboxylic acids is 2. The molecule has 3 aromatic rings. The van der Waals surface area contributed by atoms with E-state index in [2.05, 4.69) is 37.2 Å². The highest BCUT2D eigenvalue weighted by Crippen LogP contribution is 2.40. The maximum absolute atomic E-state index is 13.1. The van der Waals surface area contributed by atoms with Crippen LogP contribution in [-0.4, -0.2) is 27.4 Å². The summed E-state index contributed by atoms with van der Waals surface area (Å²) >= 11 is 8.02. The quantitative estimate of drug-likeness (QED) is 0.275. The molecule has 0 aliphatic carbocycles. The number of thioether (sulfide) groups is 1. The molecule has 0 unspecified atom stereocenters. The molecule has 1 heterocycles. The van der Waals surface area contributed by atoms with Crippen molar-refractivity contribution in [3.63, 3.8) is 0 Å². The topological polar surface area (TPSA) is 89.5 Å². The maximum atomic E-state index is 13.1. The number of esters is 1. The standard InChI is InChI=1S/C24H17Br2NO5S2/c1-32-24(29)15-7-5-14(6-8-15)11-22-23(28)27-20-10-9-16(12-21(20)33-22)34(30,31)13-17-18(25)3-2-4-19(17)26/h2-12H,13H2,1H3,(H,27,28)/b22-11-. The fourth-order valence-corrected chi connectivity index (χ4v) is 7.40. The number of benzene rings is 3. The predicted octanol–water partition coefficient (Wildman–Crippen LogP) is 6.06. The Morgan fingerprint density at radius 1 is 1.06 bits per heavy atom. The number of amides is 1. The van der Waals surface area contributed by atoms with Gasteiger partial charge in [-0.25, -0.2) is 13.2 Å². The van der Waals surface area contributed by atoms with E-state index in [1.165, 1.54) is 24.9 Å². The molecule has 0 saturated heterocycles. The molecule has 0 fully saturated rings. The van der Waals surface area contributed by atoms with Gasteiger partial charge in [-0.05, 0) is 59.7 Å². The third kappa shape index (κ3) is 5.30. The zero-order chi connectivity index (χ0) is 24.5. The normalized spacial score (nSPS) is 14.4. The number of fused-ring (bicyclic) bond motifs is 1. The first kappa shape index (κ1) is 24.7. The van der Waals surface area contributed by atoms with E-state index in [0.717, 1.165) is 5.56 Å². The monoisotopic (exact) mass is 621 g/mol. The Kier molecular flexibility index (Phi) is 7.32. The molecule has 0 atom stereocenters. The molecule has 0 radical (unpaired) electrons. The van der Waals surface area contributed by atoms with Crippen LogP contribution in [0.15, 0.2) is 84.3 Å². The first-order valence-electron chi connectivity index (χ1n) is 9.87. The van der Waals surface area contributed by atoms with Crippen LogP contribution in [0.25, 0.3) is 6.08 Å². The number of nitrogens with one attached hydrogen (secondary N) is 1. The summed E-state index contributed by atoms with van der Waals surface area (Å²) in [5.41, 5.74) is 2.31. The smallest absolute Gasteiger partial charge is 0.337 e. The van der Waals surface area contributed by atoms with Crippen LogP contribution in [0.3, 0.4) is 0 Å². The third-order valence-electron chi connectivity index (χ3n) is 5.03. The minimum atomic E-state index is -3.65. The number of sulfone groups is 1. The Hall–Kier alpha value is -2.40. The van der Waals surface area contributed by atoms with Gasteiger partial charge in [-0.15, -0.1) is 0 Å². The Balaban J connectivity index is 1.62. The number of anilines is 1. The van der Waals surface area contributed by atoms with Crippen molar-refractivity contribution in [2.45, 2.75) is 15.5 Å².